The molecule has 0 aliphatic heterocycles. The highest BCUT2D eigenvalue weighted by Crippen LogP contribution is 2.06. The van der Waals surface area contributed by atoms with Crippen molar-refractivity contribution >= 4 is 11.3 Å². The Hall–Kier alpha value is -0.450. The van der Waals surface area contributed by atoms with E-state index < -0.39 is 0 Å². The van der Waals surface area contributed by atoms with Crippen molar-refractivity contribution in [2.24, 2.45) is 5.84 Å². The van der Waals surface area contributed by atoms with Gasteiger partial charge in [0.2, 0.25) is 0 Å². The summed E-state index contributed by atoms with van der Waals surface area (Å²) in [5.74, 6) is 5.09. The molecule has 0 fully saturated rings. The number of aromatic nitrogens is 1. The SMILES string of the molecule is Cc1csc(CNN)n1. The molecule has 9 heavy (non-hydrogen) atoms. The Labute approximate surface area is 57.9 Å². The van der Waals surface area contributed by atoms with Gasteiger partial charge in [-0.2, -0.15) is 0 Å². The van der Waals surface area contributed by atoms with Crippen LogP contribution in [0.15, 0.2) is 5.38 Å². The van der Waals surface area contributed by atoms with Crippen LogP contribution in [0.2, 0.25) is 0 Å². The highest BCUT2D eigenvalue weighted by Gasteiger charge is 1.93. The first-order chi connectivity index (χ1) is 4.33. The molecule has 0 aliphatic carbocycles. The first-order valence-corrected chi connectivity index (χ1v) is 3.55. The zero-order valence-corrected chi connectivity index (χ0v) is 6.03. The van der Waals surface area contributed by atoms with E-state index in [1.165, 1.54) is 0 Å². The van der Waals surface area contributed by atoms with Gasteiger partial charge >= 0.3 is 0 Å². The fourth-order valence-electron chi connectivity index (χ4n) is 0.571. The summed E-state index contributed by atoms with van der Waals surface area (Å²) in [7, 11) is 0. The van der Waals surface area contributed by atoms with Gasteiger partial charge in [-0.3, -0.25) is 11.3 Å². The van der Waals surface area contributed by atoms with Crippen LogP contribution in [0.4, 0.5) is 0 Å². The number of nitrogens with two attached hydrogens (primary N) is 1. The van der Waals surface area contributed by atoms with Crippen LogP contribution in [-0.4, -0.2) is 4.98 Å². The van der Waals surface area contributed by atoms with Crippen molar-refractivity contribution in [3.63, 3.8) is 0 Å². The Morgan fingerprint density at radius 1 is 1.89 bits per heavy atom. The number of hydrogen-bond donors (Lipinski definition) is 2. The lowest BCUT2D eigenvalue weighted by Gasteiger charge is -1.89. The fraction of sp³-hybridized carbons (Fsp3) is 0.400. The van der Waals surface area contributed by atoms with Crippen LogP contribution in [0.3, 0.4) is 0 Å². The number of hydrazine groups is 1. The van der Waals surface area contributed by atoms with Crippen molar-refractivity contribution in [2.75, 3.05) is 0 Å². The molecule has 1 rings (SSSR count). The van der Waals surface area contributed by atoms with Gasteiger partial charge in [-0.05, 0) is 6.92 Å². The largest absolute Gasteiger partial charge is 0.271 e. The molecule has 0 aromatic carbocycles. The average molecular weight is 143 g/mol. The van der Waals surface area contributed by atoms with Gasteiger partial charge < -0.3 is 0 Å². The summed E-state index contributed by atoms with van der Waals surface area (Å²) in [5, 5.41) is 3.04. The van der Waals surface area contributed by atoms with Gasteiger partial charge in [-0.15, -0.1) is 11.3 Å². The highest BCUT2D eigenvalue weighted by molar-refractivity contribution is 7.09. The molecule has 4 heteroatoms. The molecule has 3 N–H and O–H groups in total. The summed E-state index contributed by atoms with van der Waals surface area (Å²) in [6, 6.07) is 0. The van der Waals surface area contributed by atoms with Crippen LogP contribution >= 0.6 is 11.3 Å². The van der Waals surface area contributed by atoms with E-state index in [9.17, 15) is 0 Å². The number of rotatable bonds is 2. The molecule has 1 aromatic heterocycles. The minimum absolute atomic E-state index is 0.665. The minimum Gasteiger partial charge on any atom is -0.271 e. The minimum atomic E-state index is 0.665. The van der Waals surface area contributed by atoms with Gasteiger partial charge in [0.15, 0.2) is 0 Å². The lowest BCUT2D eigenvalue weighted by molar-refractivity contribution is 0.735. The second-order valence-electron chi connectivity index (χ2n) is 1.76. The lowest BCUT2D eigenvalue weighted by Crippen LogP contribution is -2.20. The topological polar surface area (TPSA) is 50.9 Å². The maximum Gasteiger partial charge on any atom is 0.108 e. The van der Waals surface area contributed by atoms with Crippen LogP contribution in [0.25, 0.3) is 0 Å². The fourth-order valence-corrected chi connectivity index (χ4v) is 1.29. The summed E-state index contributed by atoms with van der Waals surface area (Å²) in [6.07, 6.45) is 0. The molecule has 0 atom stereocenters. The molecule has 0 unspecified atom stereocenters. The molecule has 1 heterocycles. The van der Waals surface area contributed by atoms with Crippen molar-refractivity contribution < 1.29 is 0 Å². The molecule has 0 saturated carbocycles. The zero-order chi connectivity index (χ0) is 6.69. The van der Waals surface area contributed by atoms with E-state index in [1.807, 2.05) is 12.3 Å². The van der Waals surface area contributed by atoms with Crippen LogP contribution in [0.1, 0.15) is 10.7 Å². The Morgan fingerprint density at radius 2 is 2.67 bits per heavy atom. The van der Waals surface area contributed by atoms with E-state index in [4.69, 9.17) is 5.84 Å². The van der Waals surface area contributed by atoms with Gasteiger partial charge in [-0.25, -0.2) is 4.98 Å². The standard InChI is InChI=1S/C5H9N3S/c1-4-3-9-5(8-4)2-7-6/h3,7H,2,6H2,1H3. The predicted octanol–water partition coefficient (Wildman–Crippen LogP) is 0.415. The Morgan fingerprint density at radius 3 is 3.11 bits per heavy atom. The van der Waals surface area contributed by atoms with Crippen LogP contribution < -0.4 is 11.3 Å². The lowest BCUT2D eigenvalue weighted by atomic mass is 10.6. The van der Waals surface area contributed by atoms with E-state index in [0.717, 1.165) is 10.7 Å². The molecular weight excluding hydrogens is 134 g/mol. The number of thiazole rings is 1. The van der Waals surface area contributed by atoms with Gasteiger partial charge in [0.05, 0.1) is 6.54 Å². The van der Waals surface area contributed by atoms with E-state index in [0.29, 0.717) is 6.54 Å². The van der Waals surface area contributed by atoms with Crippen LogP contribution in [0.5, 0.6) is 0 Å². The molecule has 3 nitrogen and oxygen atoms in total. The number of aryl methyl sites for hydroxylation is 1. The number of hydrogen-bond acceptors (Lipinski definition) is 4. The molecule has 0 radical (unpaired) electrons. The molecule has 0 saturated heterocycles. The highest BCUT2D eigenvalue weighted by atomic mass is 32.1. The zero-order valence-electron chi connectivity index (χ0n) is 5.22. The third-order valence-corrected chi connectivity index (χ3v) is 1.89. The summed E-state index contributed by atoms with van der Waals surface area (Å²) >= 11 is 1.62. The van der Waals surface area contributed by atoms with E-state index in [-0.39, 0.29) is 0 Å². The molecule has 0 aliphatic rings. The predicted molar refractivity (Wildman–Crippen MR) is 37.9 cm³/mol. The monoisotopic (exact) mass is 143 g/mol. The summed E-state index contributed by atoms with van der Waals surface area (Å²) in [6.45, 7) is 2.63. The maximum atomic E-state index is 5.09. The van der Waals surface area contributed by atoms with Gasteiger partial charge in [0, 0.05) is 11.1 Å². The van der Waals surface area contributed by atoms with E-state index >= 15 is 0 Å². The smallest absolute Gasteiger partial charge is 0.108 e. The van der Waals surface area contributed by atoms with Crippen molar-refractivity contribution in [3.8, 4) is 0 Å². The van der Waals surface area contributed by atoms with E-state index in [1.54, 1.807) is 11.3 Å². The van der Waals surface area contributed by atoms with Crippen molar-refractivity contribution in [3.05, 3.63) is 16.1 Å². The Bertz CT molecular complexity index is 184. The second-order valence-corrected chi connectivity index (χ2v) is 2.71. The Balaban J connectivity index is 2.61. The first kappa shape index (κ1) is 6.67. The van der Waals surface area contributed by atoms with E-state index in [2.05, 4.69) is 10.4 Å². The third kappa shape index (κ3) is 1.74. The van der Waals surface area contributed by atoms with Crippen molar-refractivity contribution in [1.82, 2.24) is 10.4 Å². The molecule has 0 bridgehead atoms. The van der Waals surface area contributed by atoms with Gasteiger partial charge in [-0.1, -0.05) is 0 Å². The summed E-state index contributed by atoms with van der Waals surface area (Å²) in [5.41, 5.74) is 3.61. The maximum absolute atomic E-state index is 5.09. The quantitative estimate of drug-likeness (QED) is 0.466. The van der Waals surface area contributed by atoms with Crippen LogP contribution in [0, 0.1) is 6.92 Å². The molecular formula is C5H9N3S. The first-order valence-electron chi connectivity index (χ1n) is 2.67. The van der Waals surface area contributed by atoms with Crippen LogP contribution in [-0.2, 0) is 6.54 Å². The molecule has 50 valence electrons. The Kier molecular flexibility index (Phi) is 2.16. The third-order valence-electron chi connectivity index (χ3n) is 0.920. The average Bonchev–Trinajstić information content (AvgIpc) is 2.17. The van der Waals surface area contributed by atoms with Gasteiger partial charge in [0.25, 0.3) is 0 Å². The second kappa shape index (κ2) is 2.91. The summed E-state index contributed by atoms with van der Waals surface area (Å²) in [4.78, 5) is 4.18. The van der Waals surface area contributed by atoms with Gasteiger partial charge in [0.1, 0.15) is 5.01 Å². The van der Waals surface area contributed by atoms with Crippen molar-refractivity contribution in [1.29, 1.82) is 0 Å². The molecule has 0 spiro atoms. The normalized spacial score (nSPS) is 10.0. The summed E-state index contributed by atoms with van der Waals surface area (Å²) < 4.78 is 0. The number of nitrogens with one attached hydrogen (secondary N) is 1. The molecule has 0 amide bonds. The molecule has 1 aromatic rings. The van der Waals surface area contributed by atoms with Crippen molar-refractivity contribution in [2.45, 2.75) is 13.5 Å². The number of nitrogens with zero attached hydrogens (tertiary/aromatic N) is 1.